The van der Waals surface area contributed by atoms with Gasteiger partial charge in [0.25, 0.3) is 5.91 Å². The zero-order valence-electron chi connectivity index (χ0n) is 18.7. The average Bonchev–Trinajstić information content (AvgIpc) is 3.21. The third kappa shape index (κ3) is 4.80. The van der Waals surface area contributed by atoms with E-state index in [0.29, 0.717) is 40.2 Å². The molecule has 0 bridgehead atoms. The van der Waals surface area contributed by atoms with Gasteiger partial charge >= 0.3 is 6.18 Å². The Labute approximate surface area is 198 Å². The summed E-state index contributed by atoms with van der Waals surface area (Å²) in [5.74, 6) is 0.00000545. The van der Waals surface area contributed by atoms with Gasteiger partial charge in [-0.3, -0.25) is 9.69 Å². The number of pyridine rings is 1. The van der Waals surface area contributed by atoms with Gasteiger partial charge in [-0.2, -0.15) is 13.2 Å². The first kappa shape index (κ1) is 23.1. The molecular weight excluding hydrogens is 461 g/mol. The molecule has 1 saturated heterocycles. The summed E-state index contributed by atoms with van der Waals surface area (Å²) in [6.07, 6.45) is -4.44. The molecule has 2 aromatic heterocycles. The largest absolute Gasteiger partial charge is 0.492 e. The van der Waals surface area contributed by atoms with Gasteiger partial charge in [-0.25, -0.2) is 4.98 Å². The third-order valence-corrected chi connectivity index (χ3v) is 6.08. The van der Waals surface area contributed by atoms with Gasteiger partial charge in [0.15, 0.2) is 0 Å². The summed E-state index contributed by atoms with van der Waals surface area (Å²) in [6, 6.07) is 11.6. The molecule has 0 atom stereocenters. The van der Waals surface area contributed by atoms with Crippen LogP contribution in [0.1, 0.15) is 15.9 Å². The van der Waals surface area contributed by atoms with Crippen molar-refractivity contribution in [2.75, 3.05) is 39.5 Å². The number of hydrogen-bond donors (Lipinski definition) is 2. The Kier molecular flexibility index (Phi) is 6.08. The summed E-state index contributed by atoms with van der Waals surface area (Å²) < 4.78 is 50.1. The minimum absolute atomic E-state index is 0.205. The van der Waals surface area contributed by atoms with E-state index < -0.39 is 17.6 Å². The Balaban J connectivity index is 1.46. The van der Waals surface area contributed by atoms with Gasteiger partial charge in [-0.15, -0.1) is 0 Å². The number of primary amides is 1. The first-order valence-corrected chi connectivity index (χ1v) is 11.2. The lowest BCUT2D eigenvalue weighted by Gasteiger charge is -2.26. The maximum atomic E-state index is 12.9. The Morgan fingerprint density at radius 2 is 1.86 bits per heavy atom. The summed E-state index contributed by atoms with van der Waals surface area (Å²) in [5, 5.41) is 0.747. The standard InChI is InChI=1S/C25H23F3N4O3/c26-25(27,28)16-3-1-15(2-4-16)20-14-19(24(29)33)23-22(30-20)18-6-5-17(13-21(18)31-23)35-12-9-32-7-10-34-11-8-32/h1-6,13-14,31H,7-12H2,(H2,29,33). The van der Waals surface area contributed by atoms with Crippen molar-refractivity contribution in [3.05, 3.63) is 59.7 Å². The van der Waals surface area contributed by atoms with Gasteiger partial charge in [0.05, 0.1) is 46.6 Å². The summed E-state index contributed by atoms with van der Waals surface area (Å²) >= 11 is 0. The predicted molar refractivity (Wildman–Crippen MR) is 125 cm³/mol. The molecule has 1 aliphatic heterocycles. The monoisotopic (exact) mass is 484 g/mol. The number of nitrogens with zero attached hydrogens (tertiary/aromatic N) is 2. The lowest BCUT2D eigenvalue weighted by atomic mass is 10.0. The number of fused-ring (bicyclic) bond motifs is 3. The fraction of sp³-hybridized carbons (Fsp3) is 0.280. The number of hydrogen-bond acceptors (Lipinski definition) is 5. The fourth-order valence-electron chi connectivity index (χ4n) is 4.21. The maximum absolute atomic E-state index is 12.9. The van der Waals surface area contributed by atoms with Crippen molar-refractivity contribution >= 4 is 27.8 Å². The average molecular weight is 484 g/mol. The first-order chi connectivity index (χ1) is 16.8. The molecule has 1 fully saturated rings. The minimum atomic E-state index is -4.44. The highest BCUT2D eigenvalue weighted by Gasteiger charge is 2.30. The number of benzene rings is 2. The minimum Gasteiger partial charge on any atom is -0.492 e. The van der Waals surface area contributed by atoms with Crippen LogP contribution in [-0.4, -0.2) is 60.2 Å². The van der Waals surface area contributed by atoms with E-state index in [-0.39, 0.29) is 5.56 Å². The summed E-state index contributed by atoms with van der Waals surface area (Å²) in [6.45, 7) is 4.53. The molecule has 0 spiro atoms. The number of ether oxygens (including phenoxy) is 2. The van der Waals surface area contributed by atoms with Crippen LogP contribution < -0.4 is 10.5 Å². The normalized spacial score (nSPS) is 15.1. The molecule has 7 nitrogen and oxygen atoms in total. The van der Waals surface area contributed by atoms with Crippen LogP contribution in [0.3, 0.4) is 0 Å². The fourth-order valence-corrected chi connectivity index (χ4v) is 4.21. The zero-order chi connectivity index (χ0) is 24.6. The van der Waals surface area contributed by atoms with E-state index in [1.165, 1.54) is 18.2 Å². The molecule has 0 saturated carbocycles. The number of aromatic nitrogens is 2. The molecule has 3 N–H and O–H groups in total. The second-order valence-corrected chi connectivity index (χ2v) is 8.35. The number of carbonyl (C=O) groups is 1. The molecular formula is C25H23F3N4O3. The number of nitrogens with two attached hydrogens (primary N) is 1. The van der Waals surface area contributed by atoms with Crippen LogP contribution >= 0.6 is 0 Å². The van der Waals surface area contributed by atoms with Gasteiger partial charge in [-0.05, 0) is 30.3 Å². The number of halogens is 3. The SMILES string of the molecule is NC(=O)c1cc(-c2ccc(C(F)(F)F)cc2)nc2c1[nH]c1cc(OCCN3CCOCC3)ccc12. The quantitative estimate of drug-likeness (QED) is 0.428. The van der Waals surface area contributed by atoms with Gasteiger partial charge in [0.2, 0.25) is 0 Å². The van der Waals surface area contributed by atoms with Gasteiger partial charge in [0.1, 0.15) is 12.4 Å². The summed E-state index contributed by atoms with van der Waals surface area (Å²) in [4.78, 5) is 22.3. The molecule has 35 heavy (non-hydrogen) atoms. The van der Waals surface area contributed by atoms with Crippen LogP contribution in [0.2, 0.25) is 0 Å². The Bertz CT molecular complexity index is 1380. The van der Waals surface area contributed by atoms with Crippen molar-refractivity contribution in [2.45, 2.75) is 6.18 Å². The molecule has 182 valence electrons. The number of alkyl halides is 3. The van der Waals surface area contributed by atoms with E-state index in [9.17, 15) is 18.0 Å². The van der Waals surface area contributed by atoms with Crippen molar-refractivity contribution in [3.63, 3.8) is 0 Å². The third-order valence-electron chi connectivity index (χ3n) is 6.08. The molecule has 0 unspecified atom stereocenters. The number of morpholine rings is 1. The molecule has 10 heteroatoms. The number of carbonyl (C=O) groups excluding carboxylic acids is 1. The molecule has 2 aromatic carbocycles. The molecule has 0 aliphatic carbocycles. The van der Waals surface area contributed by atoms with E-state index in [1.807, 2.05) is 18.2 Å². The van der Waals surface area contributed by atoms with Crippen molar-refractivity contribution in [1.29, 1.82) is 0 Å². The van der Waals surface area contributed by atoms with Crippen molar-refractivity contribution in [2.24, 2.45) is 5.73 Å². The maximum Gasteiger partial charge on any atom is 0.416 e. The van der Waals surface area contributed by atoms with E-state index in [1.54, 1.807) is 0 Å². The van der Waals surface area contributed by atoms with Gasteiger partial charge in [-0.1, -0.05) is 12.1 Å². The molecule has 1 amide bonds. The van der Waals surface area contributed by atoms with Crippen LogP contribution in [0.4, 0.5) is 13.2 Å². The number of rotatable bonds is 6. The topological polar surface area (TPSA) is 93.5 Å². The molecule has 4 aromatic rings. The second kappa shape index (κ2) is 9.20. The van der Waals surface area contributed by atoms with Crippen LogP contribution in [0, 0.1) is 0 Å². The number of amides is 1. The number of nitrogens with one attached hydrogen (secondary N) is 1. The van der Waals surface area contributed by atoms with Crippen LogP contribution in [0.5, 0.6) is 5.75 Å². The summed E-state index contributed by atoms with van der Waals surface area (Å²) in [7, 11) is 0. The van der Waals surface area contributed by atoms with Gasteiger partial charge in [0, 0.05) is 36.7 Å². The molecule has 5 rings (SSSR count). The lowest BCUT2D eigenvalue weighted by Crippen LogP contribution is -2.38. The molecule has 0 radical (unpaired) electrons. The van der Waals surface area contributed by atoms with Crippen LogP contribution in [0.15, 0.2) is 48.5 Å². The smallest absolute Gasteiger partial charge is 0.416 e. The van der Waals surface area contributed by atoms with E-state index in [2.05, 4.69) is 14.9 Å². The van der Waals surface area contributed by atoms with E-state index in [4.69, 9.17) is 15.2 Å². The second-order valence-electron chi connectivity index (χ2n) is 8.35. The van der Waals surface area contributed by atoms with Crippen molar-refractivity contribution in [1.82, 2.24) is 14.9 Å². The molecule has 3 heterocycles. The number of H-pyrrole nitrogens is 1. The highest BCUT2D eigenvalue weighted by atomic mass is 19.4. The van der Waals surface area contributed by atoms with E-state index in [0.717, 1.165) is 50.4 Å². The Morgan fingerprint density at radius 3 is 2.54 bits per heavy atom. The predicted octanol–water partition coefficient (Wildman–Crippen LogP) is 4.21. The van der Waals surface area contributed by atoms with Gasteiger partial charge < -0.3 is 20.2 Å². The van der Waals surface area contributed by atoms with Crippen LogP contribution in [0.25, 0.3) is 33.2 Å². The van der Waals surface area contributed by atoms with Crippen molar-refractivity contribution in [3.8, 4) is 17.0 Å². The lowest BCUT2D eigenvalue weighted by molar-refractivity contribution is -0.137. The summed E-state index contributed by atoms with van der Waals surface area (Å²) in [5.41, 5.74) is 7.55. The first-order valence-electron chi connectivity index (χ1n) is 11.2. The highest BCUT2D eigenvalue weighted by Crippen LogP contribution is 2.34. The Morgan fingerprint density at radius 1 is 1.11 bits per heavy atom. The highest BCUT2D eigenvalue weighted by molar-refractivity contribution is 6.14. The molecule has 1 aliphatic rings. The van der Waals surface area contributed by atoms with E-state index >= 15 is 0 Å². The number of aromatic amines is 1. The Hall–Kier alpha value is -3.63. The van der Waals surface area contributed by atoms with Crippen molar-refractivity contribution < 1.29 is 27.4 Å². The van der Waals surface area contributed by atoms with Crippen LogP contribution in [-0.2, 0) is 10.9 Å². The zero-order valence-corrected chi connectivity index (χ0v) is 18.7.